The Kier molecular flexibility index (Phi) is 5.85. The Labute approximate surface area is 184 Å². The molecule has 3 aromatic rings. The number of nitro groups is 1. The summed E-state index contributed by atoms with van der Waals surface area (Å²) in [4.78, 5) is 36.1. The van der Waals surface area contributed by atoms with Gasteiger partial charge in [0.25, 0.3) is 11.6 Å². The van der Waals surface area contributed by atoms with Crippen LogP contribution in [0.3, 0.4) is 0 Å². The van der Waals surface area contributed by atoms with E-state index >= 15 is 0 Å². The molecular weight excluding hydrogens is 412 g/mol. The molecule has 4 rings (SSSR count). The highest BCUT2D eigenvalue weighted by molar-refractivity contribution is 6.05. The van der Waals surface area contributed by atoms with Gasteiger partial charge in [0.2, 0.25) is 6.10 Å². The molecule has 162 valence electrons. The third-order valence-electron chi connectivity index (χ3n) is 5.20. The van der Waals surface area contributed by atoms with E-state index in [-0.39, 0.29) is 11.6 Å². The molecule has 1 aliphatic heterocycles. The number of nitrogens with zero attached hydrogens (tertiary/aromatic N) is 2. The zero-order valence-corrected chi connectivity index (χ0v) is 17.2. The standard InChI is InChI=1S/C24H20N2O6/c1-2-31-20-13-9-18(10-14-20)25-22(17-5-7-19(8-6-17)26(29)30)23(24(25)28)32-21-11-3-16(15-27)4-12-21/h3-15,22-23H,2H2,1H3/t22-,23+/m0/s1. The molecule has 3 aromatic carbocycles. The summed E-state index contributed by atoms with van der Waals surface area (Å²) in [5, 5.41) is 11.0. The van der Waals surface area contributed by atoms with Crippen molar-refractivity contribution in [2.24, 2.45) is 0 Å². The summed E-state index contributed by atoms with van der Waals surface area (Å²) >= 11 is 0. The third kappa shape index (κ3) is 4.02. The van der Waals surface area contributed by atoms with E-state index in [4.69, 9.17) is 9.47 Å². The topological polar surface area (TPSA) is 99.0 Å². The summed E-state index contributed by atoms with van der Waals surface area (Å²) in [5.41, 5.74) is 1.84. The largest absolute Gasteiger partial charge is 0.494 e. The molecule has 0 aliphatic carbocycles. The summed E-state index contributed by atoms with van der Waals surface area (Å²) in [7, 11) is 0. The number of aldehydes is 1. The molecule has 32 heavy (non-hydrogen) atoms. The van der Waals surface area contributed by atoms with Gasteiger partial charge < -0.3 is 9.47 Å². The van der Waals surface area contributed by atoms with Gasteiger partial charge in [-0.1, -0.05) is 0 Å². The van der Waals surface area contributed by atoms with Crippen LogP contribution in [0.15, 0.2) is 72.8 Å². The van der Waals surface area contributed by atoms with Gasteiger partial charge in [0, 0.05) is 23.4 Å². The molecule has 0 unspecified atom stereocenters. The van der Waals surface area contributed by atoms with E-state index < -0.39 is 17.1 Å². The van der Waals surface area contributed by atoms with E-state index in [9.17, 15) is 19.7 Å². The van der Waals surface area contributed by atoms with E-state index in [0.29, 0.717) is 34.9 Å². The third-order valence-corrected chi connectivity index (χ3v) is 5.20. The molecule has 1 amide bonds. The van der Waals surface area contributed by atoms with Gasteiger partial charge in [0.15, 0.2) is 0 Å². The fourth-order valence-corrected chi connectivity index (χ4v) is 3.62. The average Bonchev–Trinajstić information content (AvgIpc) is 2.82. The molecule has 1 heterocycles. The summed E-state index contributed by atoms with van der Waals surface area (Å²) in [6.07, 6.45) is -0.0869. The van der Waals surface area contributed by atoms with E-state index in [1.54, 1.807) is 65.6 Å². The van der Waals surface area contributed by atoms with Crippen LogP contribution in [-0.2, 0) is 4.79 Å². The Morgan fingerprint density at radius 2 is 1.59 bits per heavy atom. The molecule has 8 heteroatoms. The summed E-state index contributed by atoms with van der Waals surface area (Å²) in [6.45, 7) is 2.42. The molecule has 0 spiro atoms. The lowest BCUT2D eigenvalue weighted by atomic mass is 9.89. The zero-order valence-electron chi connectivity index (χ0n) is 17.2. The van der Waals surface area contributed by atoms with Crippen molar-refractivity contribution in [3.63, 3.8) is 0 Å². The first-order valence-corrected chi connectivity index (χ1v) is 10.0. The van der Waals surface area contributed by atoms with E-state index in [1.165, 1.54) is 12.1 Å². The van der Waals surface area contributed by atoms with Crippen molar-refractivity contribution in [1.29, 1.82) is 0 Å². The first-order chi connectivity index (χ1) is 15.5. The maximum atomic E-state index is 13.1. The molecule has 0 aromatic heterocycles. The second kappa shape index (κ2) is 8.89. The van der Waals surface area contributed by atoms with Crippen LogP contribution in [0.1, 0.15) is 28.9 Å². The number of amides is 1. The highest BCUT2D eigenvalue weighted by Crippen LogP contribution is 2.42. The van der Waals surface area contributed by atoms with Crippen LogP contribution in [0.25, 0.3) is 0 Å². The number of ether oxygens (including phenoxy) is 2. The van der Waals surface area contributed by atoms with Crippen molar-refractivity contribution in [1.82, 2.24) is 0 Å². The van der Waals surface area contributed by atoms with Gasteiger partial charge in [-0.2, -0.15) is 0 Å². The van der Waals surface area contributed by atoms with Crippen LogP contribution in [0.4, 0.5) is 11.4 Å². The second-order valence-corrected chi connectivity index (χ2v) is 7.15. The number of rotatable bonds is 8. The summed E-state index contributed by atoms with van der Waals surface area (Å²) in [5.74, 6) is 0.906. The number of benzene rings is 3. The number of non-ortho nitro benzene ring substituents is 1. The van der Waals surface area contributed by atoms with Crippen LogP contribution in [0, 0.1) is 10.1 Å². The molecule has 0 bridgehead atoms. The molecule has 0 N–H and O–H groups in total. The van der Waals surface area contributed by atoms with E-state index in [1.807, 2.05) is 6.92 Å². The zero-order chi connectivity index (χ0) is 22.7. The Morgan fingerprint density at radius 3 is 2.16 bits per heavy atom. The first kappa shape index (κ1) is 21.0. The number of anilines is 1. The van der Waals surface area contributed by atoms with Crippen LogP contribution >= 0.6 is 0 Å². The first-order valence-electron chi connectivity index (χ1n) is 10.0. The van der Waals surface area contributed by atoms with Crippen LogP contribution in [0.2, 0.25) is 0 Å². The maximum absolute atomic E-state index is 13.1. The van der Waals surface area contributed by atoms with Crippen molar-refractivity contribution >= 4 is 23.6 Å². The Morgan fingerprint density at radius 1 is 0.969 bits per heavy atom. The number of hydrogen-bond donors (Lipinski definition) is 0. The Bertz CT molecular complexity index is 1130. The van der Waals surface area contributed by atoms with Gasteiger partial charge in [-0.3, -0.25) is 24.6 Å². The molecule has 2 atom stereocenters. The molecular formula is C24H20N2O6. The van der Waals surface area contributed by atoms with E-state index in [2.05, 4.69) is 0 Å². The highest BCUT2D eigenvalue weighted by atomic mass is 16.6. The van der Waals surface area contributed by atoms with Gasteiger partial charge in [-0.15, -0.1) is 0 Å². The number of carbonyl (C=O) groups is 2. The van der Waals surface area contributed by atoms with Gasteiger partial charge >= 0.3 is 0 Å². The van der Waals surface area contributed by atoms with Crippen LogP contribution in [-0.4, -0.2) is 29.8 Å². The molecule has 1 aliphatic rings. The number of nitro benzene ring substituents is 1. The number of β-lactam (4-membered cyclic amide) rings is 1. The van der Waals surface area contributed by atoms with Crippen molar-refractivity contribution in [2.45, 2.75) is 19.1 Å². The lowest BCUT2D eigenvalue weighted by Crippen LogP contribution is -2.61. The average molecular weight is 432 g/mol. The Hall–Kier alpha value is -4.20. The van der Waals surface area contributed by atoms with Crippen molar-refractivity contribution in [2.75, 3.05) is 11.5 Å². The molecule has 8 nitrogen and oxygen atoms in total. The smallest absolute Gasteiger partial charge is 0.271 e. The normalized spacial score (nSPS) is 17.4. The van der Waals surface area contributed by atoms with Gasteiger partial charge in [0.1, 0.15) is 23.8 Å². The maximum Gasteiger partial charge on any atom is 0.271 e. The summed E-state index contributed by atoms with van der Waals surface area (Å²) in [6, 6.07) is 19.2. The van der Waals surface area contributed by atoms with Gasteiger partial charge in [0.05, 0.1) is 11.5 Å². The second-order valence-electron chi connectivity index (χ2n) is 7.15. The minimum Gasteiger partial charge on any atom is -0.494 e. The lowest BCUT2D eigenvalue weighted by molar-refractivity contribution is -0.384. The van der Waals surface area contributed by atoms with Crippen molar-refractivity contribution in [3.05, 3.63) is 94.0 Å². The lowest BCUT2D eigenvalue weighted by Gasteiger charge is -2.46. The molecule has 1 fully saturated rings. The minimum absolute atomic E-state index is 0.0334. The molecule has 0 radical (unpaired) electrons. The fraction of sp³-hybridized carbons (Fsp3) is 0.167. The quantitative estimate of drug-likeness (QED) is 0.227. The Balaban J connectivity index is 1.65. The predicted octanol–water partition coefficient (Wildman–Crippen LogP) is 4.34. The number of carbonyl (C=O) groups excluding carboxylic acids is 2. The SMILES string of the molecule is CCOc1ccc(N2C(=O)[C@H](Oc3ccc(C=O)cc3)[C@@H]2c2ccc([N+](=O)[O-])cc2)cc1. The fourth-order valence-electron chi connectivity index (χ4n) is 3.62. The molecule has 1 saturated heterocycles. The number of hydrogen-bond acceptors (Lipinski definition) is 6. The van der Waals surface area contributed by atoms with Crippen molar-refractivity contribution in [3.8, 4) is 11.5 Å². The summed E-state index contributed by atoms with van der Waals surface area (Å²) < 4.78 is 11.4. The van der Waals surface area contributed by atoms with E-state index in [0.717, 1.165) is 6.29 Å². The highest BCUT2D eigenvalue weighted by Gasteiger charge is 2.51. The minimum atomic E-state index is -0.815. The van der Waals surface area contributed by atoms with Crippen molar-refractivity contribution < 1.29 is 24.0 Å². The predicted molar refractivity (Wildman–Crippen MR) is 117 cm³/mol. The monoisotopic (exact) mass is 432 g/mol. The van der Waals surface area contributed by atoms with Gasteiger partial charge in [-0.05, 0) is 73.2 Å². The van der Waals surface area contributed by atoms with Crippen LogP contribution < -0.4 is 14.4 Å². The van der Waals surface area contributed by atoms with Gasteiger partial charge in [-0.25, -0.2) is 0 Å². The molecule has 0 saturated carbocycles. The van der Waals surface area contributed by atoms with Crippen LogP contribution in [0.5, 0.6) is 11.5 Å².